The van der Waals surface area contributed by atoms with Crippen LogP contribution in [-0.2, 0) is 4.79 Å². The van der Waals surface area contributed by atoms with Gasteiger partial charge < -0.3 is 14.5 Å². The number of pyridine rings is 1. The van der Waals surface area contributed by atoms with Crippen LogP contribution in [-0.4, -0.2) is 59.4 Å². The van der Waals surface area contributed by atoms with E-state index in [1.807, 2.05) is 36.9 Å². The number of aromatic nitrogens is 1. The van der Waals surface area contributed by atoms with Crippen LogP contribution in [0.4, 0.5) is 0 Å². The summed E-state index contributed by atoms with van der Waals surface area (Å²) in [6.45, 7) is 6.79. The van der Waals surface area contributed by atoms with E-state index in [9.17, 15) is 9.59 Å². The lowest BCUT2D eigenvalue weighted by molar-refractivity contribution is -0.132. The third kappa shape index (κ3) is 4.88. The molecule has 6 nitrogen and oxygen atoms in total. The van der Waals surface area contributed by atoms with Crippen LogP contribution in [0.5, 0.6) is 5.75 Å². The highest BCUT2D eigenvalue weighted by molar-refractivity contribution is 5.92. The zero-order chi connectivity index (χ0) is 19.9. The number of nitrogens with zero attached hydrogens (tertiary/aromatic N) is 3. The molecular weight excluding hydrogens is 354 g/mol. The predicted molar refractivity (Wildman–Crippen MR) is 107 cm³/mol. The van der Waals surface area contributed by atoms with Gasteiger partial charge >= 0.3 is 0 Å². The van der Waals surface area contributed by atoms with Gasteiger partial charge in [-0.05, 0) is 43.5 Å². The second kappa shape index (κ2) is 9.35. The highest BCUT2D eigenvalue weighted by Gasteiger charge is 2.25. The standard InChI is InChI=1S/C22H27N3O3/c1-17-7-5-8-18(2)21(17)28-16-6-10-20(26)24-12-14-25(15-13-24)22(27)19-9-3-4-11-23-19/h3-5,7-9,11H,6,10,12-16H2,1-2H3. The van der Waals surface area contributed by atoms with Gasteiger partial charge in [-0.25, -0.2) is 0 Å². The van der Waals surface area contributed by atoms with E-state index in [1.54, 1.807) is 29.3 Å². The van der Waals surface area contributed by atoms with Gasteiger partial charge in [-0.3, -0.25) is 14.6 Å². The van der Waals surface area contributed by atoms with E-state index in [-0.39, 0.29) is 11.8 Å². The number of aryl methyl sites for hydroxylation is 2. The molecule has 0 N–H and O–H groups in total. The quantitative estimate of drug-likeness (QED) is 0.722. The molecule has 1 aliphatic heterocycles. The molecule has 2 amide bonds. The molecule has 0 saturated carbocycles. The normalized spacial score (nSPS) is 14.1. The minimum Gasteiger partial charge on any atom is -0.493 e. The zero-order valence-electron chi connectivity index (χ0n) is 16.6. The highest BCUT2D eigenvalue weighted by Crippen LogP contribution is 2.22. The van der Waals surface area contributed by atoms with Crippen molar-refractivity contribution in [2.24, 2.45) is 0 Å². The molecule has 3 rings (SSSR count). The first-order chi connectivity index (χ1) is 13.6. The Labute approximate surface area is 166 Å². The lowest BCUT2D eigenvalue weighted by Crippen LogP contribution is -2.50. The summed E-state index contributed by atoms with van der Waals surface area (Å²) in [7, 11) is 0. The molecule has 0 bridgehead atoms. The molecule has 1 fully saturated rings. The molecular formula is C22H27N3O3. The van der Waals surface area contributed by atoms with Crippen LogP contribution >= 0.6 is 0 Å². The first kappa shape index (κ1) is 19.9. The molecule has 6 heteroatoms. The summed E-state index contributed by atoms with van der Waals surface area (Å²) in [4.78, 5) is 32.6. The van der Waals surface area contributed by atoms with E-state index in [0.29, 0.717) is 51.3 Å². The van der Waals surface area contributed by atoms with Crippen molar-refractivity contribution in [1.82, 2.24) is 14.8 Å². The first-order valence-corrected chi connectivity index (χ1v) is 9.73. The minimum atomic E-state index is -0.0744. The Morgan fingerprint density at radius 1 is 0.964 bits per heavy atom. The summed E-state index contributed by atoms with van der Waals surface area (Å²) in [5, 5.41) is 0. The Morgan fingerprint density at radius 3 is 2.29 bits per heavy atom. The number of ether oxygens (including phenoxy) is 1. The van der Waals surface area contributed by atoms with E-state index >= 15 is 0 Å². The maximum atomic E-state index is 12.4. The van der Waals surface area contributed by atoms with Crippen molar-refractivity contribution in [2.45, 2.75) is 26.7 Å². The smallest absolute Gasteiger partial charge is 0.272 e. The topological polar surface area (TPSA) is 62.7 Å². The Morgan fingerprint density at radius 2 is 1.64 bits per heavy atom. The van der Waals surface area contributed by atoms with Crippen LogP contribution in [0, 0.1) is 13.8 Å². The van der Waals surface area contributed by atoms with Crippen LogP contribution in [0.25, 0.3) is 0 Å². The lowest BCUT2D eigenvalue weighted by atomic mass is 10.1. The Balaban J connectivity index is 1.40. The van der Waals surface area contributed by atoms with Crippen LogP contribution in [0.3, 0.4) is 0 Å². The molecule has 1 saturated heterocycles. The van der Waals surface area contributed by atoms with Gasteiger partial charge in [0.05, 0.1) is 6.61 Å². The zero-order valence-corrected chi connectivity index (χ0v) is 16.6. The summed E-state index contributed by atoms with van der Waals surface area (Å²) >= 11 is 0. The van der Waals surface area contributed by atoms with Crippen molar-refractivity contribution >= 4 is 11.8 Å². The molecule has 28 heavy (non-hydrogen) atoms. The highest BCUT2D eigenvalue weighted by atomic mass is 16.5. The van der Waals surface area contributed by atoms with Gasteiger partial charge in [0.1, 0.15) is 11.4 Å². The molecule has 2 heterocycles. The molecule has 0 unspecified atom stereocenters. The summed E-state index contributed by atoms with van der Waals surface area (Å²) < 4.78 is 5.87. The van der Waals surface area contributed by atoms with Gasteiger partial charge in [0.2, 0.25) is 5.91 Å². The largest absolute Gasteiger partial charge is 0.493 e. The van der Waals surface area contributed by atoms with Gasteiger partial charge in [0.25, 0.3) is 5.91 Å². The van der Waals surface area contributed by atoms with Crippen molar-refractivity contribution in [2.75, 3.05) is 32.8 Å². The third-order valence-electron chi connectivity index (χ3n) is 4.99. The number of hydrogen-bond donors (Lipinski definition) is 0. The molecule has 2 aromatic rings. The van der Waals surface area contributed by atoms with E-state index in [4.69, 9.17) is 4.74 Å². The number of carbonyl (C=O) groups is 2. The maximum absolute atomic E-state index is 12.4. The molecule has 0 atom stereocenters. The van der Waals surface area contributed by atoms with Crippen molar-refractivity contribution < 1.29 is 14.3 Å². The minimum absolute atomic E-state index is 0.0744. The van der Waals surface area contributed by atoms with Gasteiger partial charge in [-0.1, -0.05) is 24.3 Å². The van der Waals surface area contributed by atoms with Crippen molar-refractivity contribution in [3.05, 3.63) is 59.4 Å². The van der Waals surface area contributed by atoms with Crippen molar-refractivity contribution in [1.29, 1.82) is 0 Å². The van der Waals surface area contributed by atoms with E-state index in [2.05, 4.69) is 4.98 Å². The number of piperazine rings is 1. The number of amides is 2. The van der Waals surface area contributed by atoms with Gasteiger partial charge in [0, 0.05) is 38.8 Å². The number of carbonyl (C=O) groups excluding carboxylic acids is 2. The maximum Gasteiger partial charge on any atom is 0.272 e. The fourth-order valence-electron chi connectivity index (χ4n) is 3.39. The van der Waals surface area contributed by atoms with Crippen molar-refractivity contribution in [3.63, 3.8) is 0 Å². The Kier molecular flexibility index (Phi) is 6.63. The van der Waals surface area contributed by atoms with Crippen LogP contribution in [0.1, 0.15) is 34.5 Å². The number of benzene rings is 1. The van der Waals surface area contributed by atoms with Gasteiger partial charge in [-0.15, -0.1) is 0 Å². The van der Waals surface area contributed by atoms with E-state index in [0.717, 1.165) is 16.9 Å². The predicted octanol–water partition coefficient (Wildman–Crippen LogP) is 2.84. The van der Waals surface area contributed by atoms with Crippen molar-refractivity contribution in [3.8, 4) is 5.75 Å². The summed E-state index contributed by atoms with van der Waals surface area (Å²) in [5.41, 5.74) is 2.67. The summed E-state index contributed by atoms with van der Waals surface area (Å²) in [5.74, 6) is 0.960. The summed E-state index contributed by atoms with van der Waals surface area (Å²) in [6.07, 6.45) is 2.76. The molecule has 1 aliphatic rings. The molecule has 0 aliphatic carbocycles. The molecule has 0 radical (unpaired) electrons. The number of hydrogen-bond acceptors (Lipinski definition) is 4. The molecule has 148 valence electrons. The van der Waals surface area contributed by atoms with Crippen LogP contribution in [0.15, 0.2) is 42.6 Å². The Hall–Kier alpha value is -2.89. The molecule has 0 spiro atoms. The lowest BCUT2D eigenvalue weighted by Gasteiger charge is -2.34. The average Bonchev–Trinajstić information content (AvgIpc) is 2.73. The molecule has 1 aromatic heterocycles. The number of para-hydroxylation sites is 1. The average molecular weight is 381 g/mol. The second-order valence-electron chi connectivity index (χ2n) is 7.06. The van der Waals surface area contributed by atoms with Crippen LogP contribution in [0.2, 0.25) is 0 Å². The second-order valence-corrected chi connectivity index (χ2v) is 7.06. The summed E-state index contributed by atoms with van der Waals surface area (Å²) in [6, 6.07) is 11.4. The van der Waals surface area contributed by atoms with Gasteiger partial charge in [0.15, 0.2) is 0 Å². The third-order valence-corrected chi connectivity index (χ3v) is 4.99. The fourth-order valence-corrected chi connectivity index (χ4v) is 3.39. The van der Waals surface area contributed by atoms with Crippen LogP contribution < -0.4 is 4.74 Å². The molecule has 1 aromatic carbocycles. The Bertz CT molecular complexity index is 795. The van der Waals surface area contributed by atoms with E-state index < -0.39 is 0 Å². The first-order valence-electron chi connectivity index (χ1n) is 9.73. The number of rotatable bonds is 6. The fraction of sp³-hybridized carbons (Fsp3) is 0.409. The SMILES string of the molecule is Cc1cccc(C)c1OCCCC(=O)N1CCN(C(=O)c2ccccn2)CC1. The van der Waals surface area contributed by atoms with Gasteiger partial charge in [-0.2, -0.15) is 0 Å². The van der Waals surface area contributed by atoms with E-state index in [1.165, 1.54) is 0 Å². The monoisotopic (exact) mass is 381 g/mol.